The molecule has 0 radical (unpaired) electrons. The first-order valence-electron chi connectivity index (χ1n) is 9.03. The molecular formula is C20H18FN5O3. The highest BCUT2D eigenvalue weighted by molar-refractivity contribution is 6.25. The van der Waals surface area contributed by atoms with Crippen LogP contribution in [0.2, 0.25) is 0 Å². The van der Waals surface area contributed by atoms with Gasteiger partial charge in [-0.2, -0.15) is 5.11 Å². The largest absolute Gasteiger partial charge is 0.324 e. The summed E-state index contributed by atoms with van der Waals surface area (Å²) in [5.41, 5.74) is 3.03. The quantitative estimate of drug-likeness (QED) is 0.804. The van der Waals surface area contributed by atoms with Crippen molar-refractivity contribution < 1.29 is 18.8 Å². The molecule has 0 saturated carbocycles. The van der Waals surface area contributed by atoms with Gasteiger partial charge >= 0.3 is 0 Å². The van der Waals surface area contributed by atoms with Gasteiger partial charge in [0.15, 0.2) is 12.1 Å². The number of hydrogen-bond donors (Lipinski definition) is 1. The fourth-order valence-electron chi connectivity index (χ4n) is 3.37. The van der Waals surface area contributed by atoms with E-state index in [1.807, 2.05) is 26.0 Å². The molecule has 4 rings (SSSR count). The molecule has 2 aliphatic heterocycles. The summed E-state index contributed by atoms with van der Waals surface area (Å²) in [5.74, 6) is -1.95. The summed E-state index contributed by atoms with van der Waals surface area (Å²) in [4.78, 5) is 38.8. The molecule has 3 amide bonds. The number of carbonyl (C=O) groups is 3. The molecule has 2 heterocycles. The van der Waals surface area contributed by atoms with Crippen LogP contribution < -0.4 is 10.2 Å². The Morgan fingerprint density at radius 1 is 1.07 bits per heavy atom. The van der Waals surface area contributed by atoms with Crippen LogP contribution in [0.25, 0.3) is 0 Å². The van der Waals surface area contributed by atoms with Gasteiger partial charge in [-0.15, -0.1) is 0 Å². The molecular weight excluding hydrogens is 377 g/mol. The average molecular weight is 395 g/mol. The fraction of sp³-hybridized carbons (Fsp3) is 0.250. The molecule has 0 unspecified atom stereocenters. The van der Waals surface area contributed by atoms with E-state index in [1.165, 1.54) is 29.3 Å². The predicted octanol–water partition coefficient (Wildman–Crippen LogP) is 2.37. The number of amides is 3. The van der Waals surface area contributed by atoms with Crippen molar-refractivity contribution in [1.82, 2.24) is 5.01 Å². The maximum Gasteiger partial charge on any atom is 0.263 e. The SMILES string of the molecule is Cc1ccc(NC(=O)CN2N=N[C@@H]3C(=O)N(c4ccc(F)cc4)C(=O)[C@H]32)cc1C. The zero-order chi connectivity index (χ0) is 20.7. The first-order chi connectivity index (χ1) is 13.8. The van der Waals surface area contributed by atoms with Crippen molar-refractivity contribution in [2.75, 3.05) is 16.8 Å². The van der Waals surface area contributed by atoms with Gasteiger partial charge in [-0.1, -0.05) is 11.3 Å². The first-order valence-corrected chi connectivity index (χ1v) is 9.03. The molecule has 0 bridgehead atoms. The molecule has 2 aliphatic rings. The third-order valence-electron chi connectivity index (χ3n) is 5.04. The summed E-state index contributed by atoms with van der Waals surface area (Å²) < 4.78 is 13.2. The number of anilines is 2. The normalized spacial score (nSPS) is 20.4. The second kappa shape index (κ2) is 7.08. The number of nitrogens with zero attached hydrogens (tertiary/aromatic N) is 4. The second-order valence-corrected chi connectivity index (χ2v) is 7.03. The number of benzene rings is 2. The minimum Gasteiger partial charge on any atom is -0.324 e. The minimum absolute atomic E-state index is 0.228. The zero-order valence-corrected chi connectivity index (χ0v) is 15.8. The van der Waals surface area contributed by atoms with E-state index in [1.54, 1.807) is 6.07 Å². The Balaban J connectivity index is 1.48. The smallest absolute Gasteiger partial charge is 0.263 e. The third kappa shape index (κ3) is 3.35. The van der Waals surface area contributed by atoms with Gasteiger partial charge < -0.3 is 5.32 Å². The number of nitrogens with one attached hydrogen (secondary N) is 1. The third-order valence-corrected chi connectivity index (χ3v) is 5.04. The van der Waals surface area contributed by atoms with Crippen molar-refractivity contribution in [3.05, 3.63) is 59.4 Å². The minimum atomic E-state index is -1.01. The molecule has 0 aliphatic carbocycles. The van der Waals surface area contributed by atoms with E-state index in [2.05, 4.69) is 15.7 Å². The van der Waals surface area contributed by atoms with Gasteiger partial charge in [-0.05, 0) is 61.4 Å². The number of hydrogen-bond acceptors (Lipinski definition) is 6. The van der Waals surface area contributed by atoms with Gasteiger partial charge in [0.25, 0.3) is 11.8 Å². The Hall–Kier alpha value is -3.62. The number of imide groups is 1. The monoisotopic (exact) mass is 395 g/mol. The molecule has 1 saturated heterocycles. The Morgan fingerprint density at radius 2 is 1.79 bits per heavy atom. The number of fused-ring (bicyclic) bond motifs is 1. The Morgan fingerprint density at radius 3 is 2.48 bits per heavy atom. The molecule has 9 heteroatoms. The van der Waals surface area contributed by atoms with Crippen molar-refractivity contribution in [1.29, 1.82) is 0 Å². The lowest BCUT2D eigenvalue weighted by Crippen LogP contribution is -2.43. The van der Waals surface area contributed by atoms with Crippen molar-refractivity contribution in [3.63, 3.8) is 0 Å². The van der Waals surface area contributed by atoms with Crippen LogP contribution in [0.3, 0.4) is 0 Å². The van der Waals surface area contributed by atoms with Gasteiger partial charge in [0.1, 0.15) is 12.4 Å². The molecule has 1 N–H and O–H groups in total. The van der Waals surface area contributed by atoms with E-state index in [0.717, 1.165) is 16.0 Å². The lowest BCUT2D eigenvalue weighted by molar-refractivity contribution is -0.123. The highest BCUT2D eigenvalue weighted by atomic mass is 19.1. The van der Waals surface area contributed by atoms with Gasteiger partial charge in [0.2, 0.25) is 5.91 Å². The van der Waals surface area contributed by atoms with E-state index in [0.29, 0.717) is 5.69 Å². The standard InChI is InChI=1S/C20H18FN5O3/c1-11-3-6-14(9-12(11)2)22-16(27)10-25-18-17(23-24-25)19(28)26(20(18)29)15-7-4-13(21)5-8-15/h3-9,17-18H,10H2,1-2H3,(H,22,27)/t17-,18-/m0/s1. The number of rotatable bonds is 4. The second-order valence-electron chi connectivity index (χ2n) is 7.03. The highest BCUT2D eigenvalue weighted by Gasteiger charge is 2.55. The van der Waals surface area contributed by atoms with Crippen molar-refractivity contribution in [2.45, 2.75) is 25.9 Å². The van der Waals surface area contributed by atoms with E-state index in [-0.39, 0.29) is 18.1 Å². The van der Waals surface area contributed by atoms with Gasteiger partial charge in [-0.3, -0.25) is 19.4 Å². The maximum atomic E-state index is 13.2. The molecule has 0 spiro atoms. The lowest BCUT2D eigenvalue weighted by Gasteiger charge is -2.20. The van der Waals surface area contributed by atoms with Crippen LogP contribution in [0.5, 0.6) is 0 Å². The molecule has 2 aromatic rings. The van der Waals surface area contributed by atoms with E-state index in [4.69, 9.17) is 0 Å². The summed E-state index contributed by atoms with van der Waals surface area (Å²) in [6.07, 6.45) is 0. The Bertz CT molecular complexity index is 1040. The molecule has 2 atom stereocenters. The van der Waals surface area contributed by atoms with Crippen LogP contribution >= 0.6 is 0 Å². The van der Waals surface area contributed by atoms with E-state index >= 15 is 0 Å². The summed E-state index contributed by atoms with van der Waals surface area (Å²) in [7, 11) is 0. The summed E-state index contributed by atoms with van der Waals surface area (Å²) >= 11 is 0. The molecule has 29 heavy (non-hydrogen) atoms. The number of carbonyl (C=O) groups excluding carboxylic acids is 3. The van der Waals surface area contributed by atoms with E-state index in [9.17, 15) is 18.8 Å². The first kappa shape index (κ1) is 18.7. The number of aryl methyl sites for hydroxylation is 2. The number of halogens is 1. The lowest BCUT2D eigenvalue weighted by atomic mass is 10.1. The molecule has 2 aromatic carbocycles. The van der Waals surface area contributed by atoms with Crippen LogP contribution in [0, 0.1) is 19.7 Å². The van der Waals surface area contributed by atoms with Crippen LogP contribution in [0.1, 0.15) is 11.1 Å². The maximum absolute atomic E-state index is 13.2. The van der Waals surface area contributed by atoms with E-state index < -0.39 is 29.7 Å². The van der Waals surface area contributed by atoms with Crippen LogP contribution in [-0.4, -0.2) is 41.4 Å². The van der Waals surface area contributed by atoms with Crippen LogP contribution in [-0.2, 0) is 14.4 Å². The highest BCUT2D eigenvalue weighted by Crippen LogP contribution is 2.31. The Labute approximate surface area is 166 Å². The zero-order valence-electron chi connectivity index (χ0n) is 15.8. The van der Waals surface area contributed by atoms with Gasteiger partial charge in [0, 0.05) is 5.69 Å². The molecule has 148 valence electrons. The molecule has 1 fully saturated rings. The fourth-order valence-corrected chi connectivity index (χ4v) is 3.37. The topological polar surface area (TPSA) is 94.4 Å². The summed E-state index contributed by atoms with van der Waals surface area (Å²) in [5, 5.41) is 11.7. The van der Waals surface area contributed by atoms with Crippen LogP contribution in [0.15, 0.2) is 52.8 Å². The van der Waals surface area contributed by atoms with Gasteiger partial charge in [0.05, 0.1) is 5.69 Å². The Kier molecular flexibility index (Phi) is 4.57. The van der Waals surface area contributed by atoms with Crippen LogP contribution in [0.4, 0.5) is 15.8 Å². The molecule has 8 nitrogen and oxygen atoms in total. The summed E-state index contributed by atoms with van der Waals surface area (Å²) in [6, 6.07) is 8.56. The van der Waals surface area contributed by atoms with Crippen molar-refractivity contribution in [3.8, 4) is 0 Å². The van der Waals surface area contributed by atoms with Crippen molar-refractivity contribution in [2.24, 2.45) is 10.3 Å². The van der Waals surface area contributed by atoms with Crippen molar-refractivity contribution >= 4 is 29.1 Å². The van der Waals surface area contributed by atoms with Gasteiger partial charge in [-0.25, -0.2) is 9.29 Å². The molecule has 0 aromatic heterocycles. The summed E-state index contributed by atoms with van der Waals surface area (Å²) in [6.45, 7) is 3.69. The predicted molar refractivity (Wildman–Crippen MR) is 103 cm³/mol. The average Bonchev–Trinajstić information content (AvgIpc) is 3.19.